The fourth-order valence-corrected chi connectivity index (χ4v) is 2.33. The molecule has 27 heavy (non-hydrogen) atoms. The van der Waals surface area contributed by atoms with E-state index in [1.807, 2.05) is 43.5 Å². The van der Waals surface area contributed by atoms with Gasteiger partial charge in [-0.05, 0) is 37.3 Å². The molecule has 9 nitrogen and oxygen atoms in total. The molecule has 0 atom stereocenters. The van der Waals surface area contributed by atoms with Crippen LogP contribution >= 0.6 is 0 Å². The van der Waals surface area contributed by atoms with Crippen LogP contribution in [-0.4, -0.2) is 46.2 Å². The Hall–Kier alpha value is -3.62. The van der Waals surface area contributed by atoms with Crippen molar-refractivity contribution in [2.24, 2.45) is 0 Å². The van der Waals surface area contributed by atoms with Crippen molar-refractivity contribution in [3.8, 4) is 11.6 Å². The first kappa shape index (κ1) is 18.2. The number of hydrogen-bond acceptors (Lipinski definition) is 6. The van der Waals surface area contributed by atoms with Gasteiger partial charge in [-0.15, -0.1) is 10.2 Å². The molecule has 9 heteroatoms. The fraction of sp³-hybridized carbons (Fsp3) is 0.222. The maximum absolute atomic E-state index is 11.9. The lowest BCUT2D eigenvalue weighted by Crippen LogP contribution is -2.32. The monoisotopic (exact) mass is 367 g/mol. The third-order valence-corrected chi connectivity index (χ3v) is 3.65. The fourth-order valence-electron chi connectivity index (χ4n) is 2.33. The molecule has 2 aromatic heterocycles. The van der Waals surface area contributed by atoms with Crippen LogP contribution in [0.5, 0.6) is 5.75 Å². The minimum Gasteiger partial charge on any atom is -0.497 e. The van der Waals surface area contributed by atoms with E-state index in [0.717, 1.165) is 5.69 Å². The number of nitrogens with zero attached hydrogens (tertiary/aromatic N) is 4. The first-order valence-electron chi connectivity index (χ1n) is 8.43. The number of methoxy groups -OCH3 is 1. The lowest BCUT2D eigenvalue weighted by molar-refractivity contribution is 0.252. The number of aromatic nitrogens is 4. The molecule has 0 unspecified atom stereocenters. The molecule has 0 aliphatic carbocycles. The third-order valence-electron chi connectivity index (χ3n) is 3.65. The van der Waals surface area contributed by atoms with Gasteiger partial charge in [-0.25, -0.2) is 9.48 Å². The number of ether oxygens (including phenoxy) is 1. The molecule has 0 radical (unpaired) electrons. The van der Waals surface area contributed by atoms with Crippen LogP contribution in [-0.2, 0) is 0 Å². The Bertz CT molecular complexity index is 893. The molecular formula is C18H21N7O2. The smallest absolute Gasteiger partial charge is 0.319 e. The molecule has 0 aliphatic rings. The van der Waals surface area contributed by atoms with E-state index in [1.165, 1.54) is 0 Å². The maximum atomic E-state index is 11.9. The molecule has 2 amide bonds. The van der Waals surface area contributed by atoms with E-state index in [0.29, 0.717) is 36.2 Å². The van der Waals surface area contributed by atoms with Crippen molar-refractivity contribution in [1.82, 2.24) is 25.3 Å². The zero-order valence-electron chi connectivity index (χ0n) is 15.1. The van der Waals surface area contributed by atoms with Gasteiger partial charge < -0.3 is 20.7 Å². The zero-order chi connectivity index (χ0) is 19.1. The van der Waals surface area contributed by atoms with Gasteiger partial charge in [-0.3, -0.25) is 0 Å². The van der Waals surface area contributed by atoms with Gasteiger partial charge in [0.15, 0.2) is 5.82 Å². The highest BCUT2D eigenvalue weighted by atomic mass is 16.5. The van der Waals surface area contributed by atoms with Crippen LogP contribution in [0.2, 0.25) is 0 Å². The average molecular weight is 367 g/mol. The molecule has 3 N–H and O–H groups in total. The number of carbonyl (C=O) groups is 1. The summed E-state index contributed by atoms with van der Waals surface area (Å²) in [7, 11) is 1.58. The standard InChI is InChI=1S/C18H21N7O2/c1-13-8-11-25(24-13)17-7-6-16(22-23-17)19-9-10-20-18(26)21-14-4-3-5-15(12-14)27-2/h3-8,11-12H,9-10H2,1-2H3,(H,19,22)(H2,20,21,26). The molecule has 3 rings (SSSR count). The number of anilines is 2. The maximum Gasteiger partial charge on any atom is 0.319 e. The Labute approximate surface area is 156 Å². The molecule has 0 spiro atoms. The topological polar surface area (TPSA) is 106 Å². The van der Waals surface area contributed by atoms with Crippen LogP contribution in [0.15, 0.2) is 48.7 Å². The molecule has 2 heterocycles. The number of benzene rings is 1. The SMILES string of the molecule is COc1cccc(NC(=O)NCCNc2ccc(-n3ccc(C)n3)nn2)c1. The Morgan fingerprint density at radius 2 is 2.04 bits per heavy atom. The summed E-state index contributed by atoms with van der Waals surface area (Å²) < 4.78 is 6.78. The minimum absolute atomic E-state index is 0.291. The highest BCUT2D eigenvalue weighted by molar-refractivity contribution is 5.89. The molecular weight excluding hydrogens is 346 g/mol. The molecule has 140 valence electrons. The summed E-state index contributed by atoms with van der Waals surface area (Å²) in [5.41, 5.74) is 1.58. The van der Waals surface area contributed by atoms with Gasteiger partial charge in [0.25, 0.3) is 0 Å². The van der Waals surface area contributed by atoms with Crippen LogP contribution in [0.3, 0.4) is 0 Å². The number of amides is 2. The molecule has 0 bridgehead atoms. The zero-order valence-corrected chi connectivity index (χ0v) is 15.1. The van der Waals surface area contributed by atoms with Crippen molar-refractivity contribution in [2.45, 2.75) is 6.92 Å². The number of aryl methyl sites for hydroxylation is 1. The van der Waals surface area contributed by atoms with E-state index in [2.05, 4.69) is 31.2 Å². The van der Waals surface area contributed by atoms with E-state index in [-0.39, 0.29) is 6.03 Å². The predicted molar refractivity (Wildman–Crippen MR) is 102 cm³/mol. The van der Waals surface area contributed by atoms with Crippen molar-refractivity contribution in [3.63, 3.8) is 0 Å². The van der Waals surface area contributed by atoms with Crippen LogP contribution < -0.4 is 20.7 Å². The minimum atomic E-state index is -0.291. The summed E-state index contributed by atoms with van der Waals surface area (Å²) in [6.07, 6.45) is 1.83. The van der Waals surface area contributed by atoms with Gasteiger partial charge in [0, 0.05) is 31.0 Å². The number of nitrogens with one attached hydrogen (secondary N) is 3. The van der Waals surface area contributed by atoms with Crippen molar-refractivity contribution >= 4 is 17.5 Å². The van der Waals surface area contributed by atoms with Crippen molar-refractivity contribution in [3.05, 3.63) is 54.4 Å². The second kappa shape index (κ2) is 8.65. The third kappa shape index (κ3) is 5.18. The molecule has 0 saturated heterocycles. The summed E-state index contributed by atoms with van der Waals surface area (Å²) in [4.78, 5) is 11.9. The molecule has 0 aliphatic heterocycles. The summed E-state index contributed by atoms with van der Waals surface area (Å²) in [5.74, 6) is 1.95. The normalized spacial score (nSPS) is 10.3. The van der Waals surface area contributed by atoms with E-state index in [9.17, 15) is 4.79 Å². The van der Waals surface area contributed by atoms with Gasteiger partial charge >= 0.3 is 6.03 Å². The van der Waals surface area contributed by atoms with E-state index in [1.54, 1.807) is 23.9 Å². The van der Waals surface area contributed by atoms with E-state index in [4.69, 9.17) is 4.74 Å². The van der Waals surface area contributed by atoms with Gasteiger partial charge in [-0.2, -0.15) is 5.10 Å². The predicted octanol–water partition coefficient (Wildman–Crippen LogP) is 2.21. The Morgan fingerprint density at radius 3 is 2.74 bits per heavy atom. The van der Waals surface area contributed by atoms with Crippen molar-refractivity contribution < 1.29 is 9.53 Å². The first-order chi connectivity index (χ1) is 13.1. The highest BCUT2D eigenvalue weighted by Gasteiger charge is 2.03. The molecule has 3 aromatic rings. The second-order valence-corrected chi connectivity index (χ2v) is 5.72. The van der Waals surface area contributed by atoms with Crippen molar-refractivity contribution in [1.29, 1.82) is 0 Å². The van der Waals surface area contributed by atoms with Crippen molar-refractivity contribution in [2.75, 3.05) is 30.8 Å². The second-order valence-electron chi connectivity index (χ2n) is 5.72. The Balaban J connectivity index is 1.41. The quantitative estimate of drug-likeness (QED) is 0.553. The Kier molecular flexibility index (Phi) is 5.83. The van der Waals surface area contributed by atoms with E-state index < -0.39 is 0 Å². The van der Waals surface area contributed by atoms with Crippen LogP contribution in [0.25, 0.3) is 5.82 Å². The average Bonchev–Trinajstić information content (AvgIpc) is 3.12. The molecule has 1 aromatic carbocycles. The van der Waals surface area contributed by atoms with Gasteiger partial charge in [-0.1, -0.05) is 6.07 Å². The Morgan fingerprint density at radius 1 is 1.15 bits per heavy atom. The number of carbonyl (C=O) groups excluding carboxylic acids is 1. The highest BCUT2D eigenvalue weighted by Crippen LogP contribution is 2.16. The number of urea groups is 1. The summed E-state index contributed by atoms with van der Waals surface area (Å²) in [5, 5.41) is 21.1. The van der Waals surface area contributed by atoms with Crippen LogP contribution in [0, 0.1) is 6.92 Å². The lowest BCUT2D eigenvalue weighted by atomic mass is 10.3. The van der Waals surface area contributed by atoms with Gasteiger partial charge in [0.1, 0.15) is 11.6 Å². The van der Waals surface area contributed by atoms with E-state index >= 15 is 0 Å². The van der Waals surface area contributed by atoms with Crippen LogP contribution in [0.1, 0.15) is 5.69 Å². The first-order valence-corrected chi connectivity index (χ1v) is 8.43. The molecule has 0 saturated carbocycles. The van der Waals surface area contributed by atoms with Gasteiger partial charge in [0.05, 0.1) is 12.8 Å². The molecule has 0 fully saturated rings. The summed E-state index contributed by atoms with van der Waals surface area (Å²) in [6.45, 7) is 2.86. The number of hydrogen-bond donors (Lipinski definition) is 3. The number of rotatable bonds is 7. The van der Waals surface area contributed by atoms with Gasteiger partial charge in [0.2, 0.25) is 0 Å². The van der Waals surface area contributed by atoms with Crippen LogP contribution in [0.4, 0.5) is 16.3 Å². The largest absolute Gasteiger partial charge is 0.497 e. The summed E-state index contributed by atoms with van der Waals surface area (Å²) >= 11 is 0. The summed E-state index contributed by atoms with van der Waals surface area (Å²) in [6, 6.07) is 12.4. The lowest BCUT2D eigenvalue weighted by Gasteiger charge is -2.09.